The van der Waals surface area contributed by atoms with Crippen LogP contribution in [0.1, 0.15) is 6.92 Å². The van der Waals surface area contributed by atoms with Gasteiger partial charge in [0.15, 0.2) is 11.9 Å². The van der Waals surface area contributed by atoms with Gasteiger partial charge in [-0.15, -0.1) is 0 Å². The third-order valence-corrected chi connectivity index (χ3v) is 3.85. The fourth-order valence-electron chi connectivity index (χ4n) is 2.70. The molecular formula is C18H19N3O3+2. The lowest BCUT2D eigenvalue weighted by molar-refractivity contribution is -0.815. The number of benzene rings is 2. The standard InChI is InChI=1S/C18H17N3O3/c1-2-20-17(23)14-10-6-7-11-15(14)21(18(20)24)12-16(22)19-13-8-4-3-5-9-13/h3-11H,2,12H2,1H3,(H,19,22)/p+2. The SMILES string of the molecule is CC[n+]1c(O)c2ccccc2[n+](CC(=O)Nc2ccccc2)c1O. The Bertz CT molecular complexity index is 895. The van der Waals surface area contributed by atoms with Crippen LogP contribution in [0.2, 0.25) is 0 Å². The van der Waals surface area contributed by atoms with Gasteiger partial charge < -0.3 is 15.5 Å². The van der Waals surface area contributed by atoms with Crippen molar-refractivity contribution < 1.29 is 24.1 Å². The van der Waals surface area contributed by atoms with E-state index in [2.05, 4.69) is 5.32 Å². The molecular weight excluding hydrogens is 306 g/mol. The highest BCUT2D eigenvalue weighted by Crippen LogP contribution is 2.20. The lowest BCUT2D eigenvalue weighted by Gasteiger charge is -2.05. The van der Waals surface area contributed by atoms with Gasteiger partial charge in [-0.25, -0.2) is 0 Å². The summed E-state index contributed by atoms with van der Waals surface area (Å²) in [6, 6.07) is 16.1. The molecule has 1 heterocycles. The largest absolute Gasteiger partial charge is 0.632 e. The second kappa shape index (κ2) is 6.54. The zero-order chi connectivity index (χ0) is 17.1. The average Bonchev–Trinajstić information content (AvgIpc) is 2.60. The summed E-state index contributed by atoms with van der Waals surface area (Å²) in [4.78, 5) is 12.3. The highest BCUT2D eigenvalue weighted by Gasteiger charge is 2.33. The van der Waals surface area contributed by atoms with E-state index < -0.39 is 0 Å². The van der Waals surface area contributed by atoms with Gasteiger partial charge >= 0.3 is 11.9 Å². The Labute approximate surface area is 139 Å². The summed E-state index contributed by atoms with van der Waals surface area (Å²) in [6.45, 7) is 2.12. The number of nitrogens with zero attached hydrogens (tertiary/aromatic N) is 2. The summed E-state index contributed by atoms with van der Waals surface area (Å²) in [5.41, 5.74) is 1.27. The third-order valence-electron chi connectivity index (χ3n) is 3.85. The van der Waals surface area contributed by atoms with E-state index in [1.165, 1.54) is 9.13 Å². The molecule has 0 fully saturated rings. The Morgan fingerprint density at radius 3 is 2.38 bits per heavy atom. The molecule has 6 heteroatoms. The number of hydrogen-bond donors (Lipinski definition) is 3. The van der Waals surface area contributed by atoms with Gasteiger partial charge in [0.25, 0.3) is 5.91 Å². The quantitative estimate of drug-likeness (QED) is 0.636. The second-order valence-electron chi connectivity index (χ2n) is 5.39. The summed E-state index contributed by atoms with van der Waals surface area (Å²) in [6.07, 6.45) is 0. The Hall–Kier alpha value is -3.15. The van der Waals surface area contributed by atoms with Gasteiger partial charge in [0.05, 0.1) is 0 Å². The van der Waals surface area contributed by atoms with Crippen molar-refractivity contribution in [1.29, 1.82) is 0 Å². The fourth-order valence-corrected chi connectivity index (χ4v) is 2.70. The highest BCUT2D eigenvalue weighted by atomic mass is 16.3. The van der Waals surface area contributed by atoms with Crippen molar-refractivity contribution in [2.24, 2.45) is 0 Å². The normalized spacial score (nSPS) is 10.7. The molecule has 0 aliphatic heterocycles. The van der Waals surface area contributed by atoms with Crippen molar-refractivity contribution in [1.82, 2.24) is 0 Å². The lowest BCUT2D eigenvalue weighted by atomic mass is 10.2. The number of rotatable bonds is 4. The molecule has 0 aliphatic carbocycles. The monoisotopic (exact) mass is 325 g/mol. The molecule has 1 amide bonds. The van der Waals surface area contributed by atoms with E-state index in [0.29, 0.717) is 23.1 Å². The first-order valence-corrected chi connectivity index (χ1v) is 7.73. The van der Waals surface area contributed by atoms with Crippen molar-refractivity contribution in [2.45, 2.75) is 20.0 Å². The number of aromatic hydroxyl groups is 2. The van der Waals surface area contributed by atoms with Crippen LogP contribution in [0.15, 0.2) is 54.6 Å². The number of carbonyl (C=O) groups is 1. The van der Waals surface area contributed by atoms with Gasteiger partial charge in [-0.1, -0.05) is 39.5 Å². The van der Waals surface area contributed by atoms with Crippen LogP contribution in [0.3, 0.4) is 0 Å². The first-order chi connectivity index (χ1) is 11.6. The summed E-state index contributed by atoms with van der Waals surface area (Å²) in [5, 5.41) is 24.1. The summed E-state index contributed by atoms with van der Waals surface area (Å²) < 4.78 is 2.84. The first kappa shape index (κ1) is 15.7. The van der Waals surface area contributed by atoms with Crippen molar-refractivity contribution in [3.63, 3.8) is 0 Å². The highest BCUT2D eigenvalue weighted by molar-refractivity contribution is 5.90. The molecule has 0 saturated carbocycles. The maximum absolute atomic E-state index is 12.3. The molecule has 0 atom stereocenters. The fraction of sp³-hybridized carbons (Fsp3) is 0.167. The number of amides is 1. The predicted molar refractivity (Wildman–Crippen MR) is 88.4 cm³/mol. The number of carbonyl (C=O) groups excluding carboxylic acids is 1. The molecule has 24 heavy (non-hydrogen) atoms. The first-order valence-electron chi connectivity index (χ1n) is 7.73. The molecule has 122 valence electrons. The molecule has 3 N–H and O–H groups in total. The maximum atomic E-state index is 12.3. The average molecular weight is 325 g/mol. The molecule has 0 bridgehead atoms. The van der Waals surface area contributed by atoms with Gasteiger partial charge in [-0.3, -0.25) is 4.79 Å². The van der Waals surface area contributed by atoms with E-state index in [9.17, 15) is 15.0 Å². The van der Waals surface area contributed by atoms with E-state index in [4.69, 9.17) is 0 Å². The Balaban J connectivity index is 2.01. The Morgan fingerprint density at radius 2 is 1.67 bits per heavy atom. The van der Waals surface area contributed by atoms with Crippen LogP contribution in [0.25, 0.3) is 10.9 Å². The molecule has 3 rings (SSSR count). The summed E-state index contributed by atoms with van der Waals surface area (Å²) >= 11 is 0. The minimum Gasteiger partial charge on any atom is -0.459 e. The van der Waals surface area contributed by atoms with Crippen LogP contribution < -0.4 is 14.5 Å². The topological polar surface area (TPSA) is 77.3 Å². The molecule has 0 saturated heterocycles. The van der Waals surface area contributed by atoms with Crippen LogP contribution in [0.4, 0.5) is 5.69 Å². The second-order valence-corrected chi connectivity index (χ2v) is 5.39. The van der Waals surface area contributed by atoms with Gasteiger partial charge in [-0.2, -0.15) is 0 Å². The van der Waals surface area contributed by atoms with Gasteiger partial charge in [0, 0.05) is 11.8 Å². The van der Waals surface area contributed by atoms with E-state index in [1.807, 2.05) is 25.1 Å². The van der Waals surface area contributed by atoms with Crippen LogP contribution in [-0.2, 0) is 17.9 Å². The van der Waals surface area contributed by atoms with Crippen molar-refractivity contribution >= 4 is 22.5 Å². The molecule has 3 aromatic rings. The summed E-state index contributed by atoms with van der Waals surface area (Å²) in [5.74, 6) is -0.287. The number of fused-ring (bicyclic) bond motifs is 1. The van der Waals surface area contributed by atoms with E-state index >= 15 is 0 Å². The molecule has 6 nitrogen and oxygen atoms in total. The van der Waals surface area contributed by atoms with E-state index in [1.54, 1.807) is 36.4 Å². The van der Waals surface area contributed by atoms with Crippen LogP contribution >= 0.6 is 0 Å². The number of para-hydroxylation sites is 2. The number of anilines is 1. The minimum atomic E-state index is -0.264. The molecule has 0 radical (unpaired) electrons. The van der Waals surface area contributed by atoms with E-state index in [0.717, 1.165) is 0 Å². The molecule has 0 spiro atoms. The Morgan fingerprint density at radius 1 is 1.00 bits per heavy atom. The predicted octanol–water partition coefficient (Wildman–Crippen LogP) is 1.48. The van der Waals surface area contributed by atoms with Crippen LogP contribution in [-0.4, -0.2) is 16.1 Å². The smallest absolute Gasteiger partial charge is 0.459 e. The summed E-state index contributed by atoms with van der Waals surface area (Å²) in [7, 11) is 0. The van der Waals surface area contributed by atoms with Gasteiger partial charge in [0.1, 0.15) is 0 Å². The van der Waals surface area contributed by atoms with Crippen LogP contribution in [0, 0.1) is 0 Å². The van der Waals surface area contributed by atoms with Crippen molar-refractivity contribution in [3.05, 3.63) is 54.6 Å². The number of hydrogen-bond acceptors (Lipinski definition) is 3. The maximum Gasteiger partial charge on any atom is 0.632 e. The third kappa shape index (κ3) is 2.86. The van der Waals surface area contributed by atoms with E-state index in [-0.39, 0.29) is 24.3 Å². The number of nitrogens with one attached hydrogen (secondary N) is 1. The van der Waals surface area contributed by atoms with Crippen molar-refractivity contribution in [2.75, 3.05) is 5.32 Å². The van der Waals surface area contributed by atoms with Crippen LogP contribution in [0.5, 0.6) is 11.9 Å². The van der Waals surface area contributed by atoms with Gasteiger partial charge in [-0.05, 0) is 25.1 Å². The molecule has 0 aliphatic rings. The van der Waals surface area contributed by atoms with Gasteiger partial charge in [0.2, 0.25) is 12.1 Å². The number of aromatic nitrogens is 2. The molecule has 2 aromatic carbocycles. The Kier molecular flexibility index (Phi) is 4.29. The lowest BCUT2D eigenvalue weighted by Crippen LogP contribution is -2.50. The zero-order valence-electron chi connectivity index (χ0n) is 13.3. The molecule has 1 aromatic heterocycles. The minimum absolute atomic E-state index is 0.0229. The van der Waals surface area contributed by atoms with Crippen molar-refractivity contribution in [3.8, 4) is 11.9 Å². The molecule has 0 unspecified atom stereocenters. The zero-order valence-corrected chi connectivity index (χ0v) is 13.3.